The molecule has 0 bridgehead atoms. The van der Waals surface area contributed by atoms with Crippen LogP contribution in [-0.2, 0) is 0 Å². The molecule has 0 aliphatic heterocycles. The quantitative estimate of drug-likeness (QED) is 0.118. The van der Waals surface area contributed by atoms with Gasteiger partial charge in [0.1, 0.15) is 0 Å². The van der Waals surface area contributed by atoms with Gasteiger partial charge in [0, 0.05) is 111 Å². The van der Waals surface area contributed by atoms with Crippen molar-refractivity contribution < 1.29 is 0 Å². The molecule has 0 atom stereocenters. The highest BCUT2D eigenvalue weighted by molar-refractivity contribution is 7.28. The van der Waals surface area contributed by atoms with Crippen LogP contribution in [0.4, 0.5) is 0 Å². The van der Waals surface area contributed by atoms with E-state index in [1.807, 2.05) is 88.6 Å². The first-order valence-corrected chi connectivity index (χ1v) is 50.4. The molecule has 143 heavy (non-hydrogen) atoms. The maximum Gasteiger partial charge on any atom is 0.165 e. The zero-order chi connectivity index (χ0) is 94.4. The number of hydrogen-bond donors (Lipinski definition) is 0. The van der Waals surface area contributed by atoms with Gasteiger partial charge in [-0.05, 0) is 162 Å². The number of thiophene rings is 3. The molecular weight excluding hydrogens is 1800 g/mol. The van der Waals surface area contributed by atoms with Gasteiger partial charge in [0.25, 0.3) is 0 Å². The van der Waals surface area contributed by atoms with Crippen LogP contribution in [0.15, 0.2) is 479 Å². The maximum absolute atomic E-state index is 5.27. The van der Waals surface area contributed by atoms with Crippen molar-refractivity contribution in [3.63, 3.8) is 0 Å². The number of fused-ring (bicyclic) bond motifs is 20. The predicted molar refractivity (Wildman–Crippen MR) is 603 cm³/mol. The largest absolute Gasteiger partial charge is 0.208 e. The van der Waals surface area contributed by atoms with Gasteiger partial charge in [0.05, 0.1) is 0 Å². The minimum atomic E-state index is 0.653. The molecule has 0 spiro atoms. The molecule has 0 saturated heterocycles. The summed E-state index contributed by atoms with van der Waals surface area (Å²) >= 11 is 5.52. The normalized spacial score (nSPS) is 11.6. The van der Waals surface area contributed by atoms with E-state index in [9.17, 15) is 0 Å². The Morgan fingerprint density at radius 3 is 0.797 bits per heavy atom. The van der Waals surface area contributed by atoms with Gasteiger partial charge in [-0.3, -0.25) is 0 Å². The molecule has 0 fully saturated rings. The molecule has 0 radical (unpaired) electrons. The van der Waals surface area contributed by atoms with E-state index in [1.165, 1.54) is 153 Å². The summed E-state index contributed by atoms with van der Waals surface area (Å²) in [6.45, 7) is 0. The molecule has 0 aliphatic rings. The molecule has 29 aromatic rings. The van der Waals surface area contributed by atoms with Crippen LogP contribution in [0, 0.1) is 0 Å². The van der Waals surface area contributed by atoms with Crippen molar-refractivity contribution in [2.75, 3.05) is 0 Å². The van der Waals surface area contributed by atoms with Gasteiger partial charge in [-0.2, -0.15) is 0 Å². The summed E-state index contributed by atoms with van der Waals surface area (Å²) < 4.78 is 7.53. The van der Waals surface area contributed by atoms with Gasteiger partial charge in [-0.15, -0.1) is 34.0 Å². The molecule has 29 rings (SSSR count). The summed E-state index contributed by atoms with van der Waals surface area (Å²) in [5.41, 5.74) is 15.8. The average molecular weight is 1880 g/mol. The Hall–Kier alpha value is -18.2. The first kappa shape index (κ1) is 84.1. The van der Waals surface area contributed by atoms with E-state index in [4.69, 9.17) is 44.9 Å². The molecule has 12 heteroatoms. The minimum absolute atomic E-state index is 0.653. The van der Waals surface area contributed by atoms with Gasteiger partial charge in [0.15, 0.2) is 52.4 Å². The van der Waals surface area contributed by atoms with Crippen LogP contribution in [0.5, 0.6) is 0 Å². The molecule has 666 valence electrons. The second-order valence-electron chi connectivity index (χ2n) is 36.1. The first-order chi connectivity index (χ1) is 70.8. The first-order valence-electron chi connectivity index (χ1n) is 47.9. The Bertz CT molecular complexity index is 10100. The zero-order valence-corrected chi connectivity index (χ0v) is 79.3. The number of aromatic nitrogens is 9. The Balaban J connectivity index is 0.000000107. The number of nitrogens with zero attached hydrogens (tertiary/aromatic N) is 9. The third-order valence-corrected chi connectivity index (χ3v) is 31.1. The van der Waals surface area contributed by atoms with Gasteiger partial charge >= 0.3 is 0 Å². The highest BCUT2D eigenvalue weighted by Crippen LogP contribution is 2.51. The maximum atomic E-state index is 5.27. The fourth-order valence-electron chi connectivity index (χ4n) is 20.4. The summed E-state index contributed by atoms with van der Waals surface area (Å²) in [7, 11) is 0. The Morgan fingerprint density at radius 1 is 0.126 bits per heavy atom. The standard InChI is InChI=1S/2C45H27N3S.C41H25N3S/c1-2-12-31(13-3-1)43-46-44(32-21-18-29(19-22-32)34-23-20-28-10-4-5-14-33(28)26-34)48-45(47-43)41-36-16-8-7-15-35(36)27-39-40(41)38-25-24-30-11-6-9-17-37(30)42(38)49-39;1-2-12-31(13-3-1)43-46-44(32-21-18-29(19-22-32)34-23-20-28-10-4-5-14-33(28)26-34)48-45(47-43)39-27-35-15-7-9-17-37(35)42-40(39)38-25-24-30-11-6-8-16-36(30)41(38)49-42;1-2-11-28(12-3-1)39-42-40(29-21-18-27(19-22-29)31-23-20-26-10-4-5-13-30(26)24-31)44-41(43-39)38-33-15-7-6-14-32(33)25-36-37(38)34-16-8-9-17-35(34)45-36/h2*1-27H;1-25H. The smallest absolute Gasteiger partial charge is 0.165 e. The number of hydrogen-bond acceptors (Lipinski definition) is 12. The summed E-state index contributed by atoms with van der Waals surface area (Å²) in [6, 6.07) is 169. The molecule has 6 aromatic heterocycles. The van der Waals surface area contributed by atoms with Crippen molar-refractivity contribution in [1.29, 1.82) is 0 Å². The zero-order valence-electron chi connectivity index (χ0n) is 76.9. The number of benzene rings is 23. The van der Waals surface area contributed by atoms with Crippen LogP contribution in [-0.4, -0.2) is 44.9 Å². The van der Waals surface area contributed by atoms with E-state index in [2.05, 4.69) is 425 Å². The third kappa shape index (κ3) is 15.5. The van der Waals surface area contributed by atoms with E-state index < -0.39 is 0 Å². The summed E-state index contributed by atoms with van der Waals surface area (Å²) in [6.07, 6.45) is 0. The lowest BCUT2D eigenvalue weighted by atomic mass is 9.97. The van der Waals surface area contributed by atoms with E-state index in [1.54, 1.807) is 0 Å². The molecule has 0 N–H and O–H groups in total. The van der Waals surface area contributed by atoms with Crippen LogP contribution >= 0.6 is 34.0 Å². The Kier molecular flexibility index (Phi) is 21.0. The Labute approximate surface area is 834 Å². The average Bonchev–Trinajstić information content (AvgIpc) is 1.59. The summed E-state index contributed by atoms with van der Waals surface area (Å²) in [5, 5.41) is 26.7. The van der Waals surface area contributed by atoms with Gasteiger partial charge in [-0.1, -0.05) is 437 Å². The van der Waals surface area contributed by atoms with E-state index in [-0.39, 0.29) is 0 Å². The second kappa shape index (κ2) is 35.7. The van der Waals surface area contributed by atoms with Crippen LogP contribution < -0.4 is 0 Å². The summed E-state index contributed by atoms with van der Waals surface area (Å²) in [5.74, 6) is 5.97. The van der Waals surface area contributed by atoms with Crippen LogP contribution in [0.2, 0.25) is 0 Å². The predicted octanol–water partition coefficient (Wildman–Crippen LogP) is 35.9. The fraction of sp³-hybridized carbons (Fsp3) is 0. The van der Waals surface area contributed by atoms with Crippen molar-refractivity contribution in [2.45, 2.75) is 0 Å². The highest BCUT2D eigenvalue weighted by Gasteiger charge is 2.27. The van der Waals surface area contributed by atoms with Crippen LogP contribution in [0.3, 0.4) is 0 Å². The van der Waals surface area contributed by atoms with Crippen molar-refractivity contribution in [3.8, 4) is 136 Å². The minimum Gasteiger partial charge on any atom is -0.208 e. The van der Waals surface area contributed by atoms with Crippen LogP contribution in [0.1, 0.15) is 0 Å². The topological polar surface area (TPSA) is 116 Å². The number of rotatable bonds is 12. The summed E-state index contributed by atoms with van der Waals surface area (Å²) in [4.78, 5) is 46.4. The molecule has 9 nitrogen and oxygen atoms in total. The lowest BCUT2D eigenvalue weighted by Crippen LogP contribution is -2.01. The van der Waals surface area contributed by atoms with Crippen molar-refractivity contribution >= 4 is 181 Å². The lowest BCUT2D eigenvalue weighted by Gasteiger charge is -2.12. The van der Waals surface area contributed by atoms with Gasteiger partial charge in [-0.25, -0.2) is 44.9 Å². The van der Waals surface area contributed by atoms with Crippen molar-refractivity contribution in [1.82, 2.24) is 44.9 Å². The second-order valence-corrected chi connectivity index (χ2v) is 39.3. The lowest BCUT2D eigenvalue weighted by molar-refractivity contribution is 1.08. The van der Waals surface area contributed by atoms with E-state index >= 15 is 0 Å². The molecule has 23 aromatic carbocycles. The SMILES string of the molecule is c1ccc(-c2nc(-c3ccc(-c4ccc5ccccc5c4)cc3)nc(-c3c4ccccc4cc4sc5c6ccccc6ccc5c34)n2)cc1.c1ccc(-c2nc(-c3ccc(-c4ccc5ccccc5c4)cc3)nc(-c3c4ccccc4cc4sc5ccccc5c34)n2)cc1.c1ccc(-c2nc(-c3ccc(-c4ccc5ccccc5c4)cc3)nc(-c3cc4ccccc4c4sc5c6ccccc6ccc5c34)n2)cc1. The van der Waals surface area contributed by atoms with Crippen LogP contribution in [0.25, 0.3) is 283 Å². The molecule has 6 heterocycles. The highest BCUT2D eigenvalue weighted by atomic mass is 32.1. The molecule has 0 aliphatic carbocycles. The van der Waals surface area contributed by atoms with Crippen molar-refractivity contribution in [2.24, 2.45) is 0 Å². The van der Waals surface area contributed by atoms with E-state index in [0.29, 0.717) is 52.4 Å². The van der Waals surface area contributed by atoms with Crippen molar-refractivity contribution in [3.05, 3.63) is 479 Å². The molecule has 0 saturated carbocycles. The Morgan fingerprint density at radius 2 is 0.392 bits per heavy atom. The van der Waals surface area contributed by atoms with Gasteiger partial charge < -0.3 is 0 Å². The molecule has 0 unspecified atom stereocenters. The van der Waals surface area contributed by atoms with Gasteiger partial charge in [0.2, 0.25) is 0 Å². The molecular formula is C131H79N9S3. The third-order valence-electron chi connectivity index (χ3n) is 27.5. The fourth-order valence-corrected chi connectivity index (χ4v) is 24.3. The monoisotopic (exact) mass is 1870 g/mol. The van der Waals surface area contributed by atoms with E-state index in [0.717, 1.165) is 77.5 Å². The molecule has 0 amide bonds.